The molecule has 24 heavy (non-hydrogen) atoms. The minimum Gasteiger partial charge on any atom is -0.450 e. The number of carbonyl (C=O) groups excluding carboxylic acids is 1. The maximum Gasteiger partial charge on any atom is 0.410 e. The highest BCUT2D eigenvalue weighted by Crippen LogP contribution is 2.50. The van der Waals surface area contributed by atoms with Crippen LogP contribution in [0.15, 0.2) is 18.3 Å². The Balaban J connectivity index is 1.64. The molecule has 3 fully saturated rings. The molecule has 4 heterocycles. The van der Waals surface area contributed by atoms with E-state index in [-0.39, 0.29) is 24.1 Å². The molecule has 0 aromatic carbocycles. The molecule has 0 unspecified atom stereocenters. The molecule has 7 heteroatoms. The lowest BCUT2D eigenvalue weighted by atomic mass is 9.90. The first-order chi connectivity index (χ1) is 11.6. The molecule has 4 rings (SSSR count). The zero-order chi connectivity index (χ0) is 16.7. The number of pyridine rings is 1. The molecule has 1 aromatic heterocycles. The second-order valence-corrected chi connectivity index (χ2v) is 6.99. The number of halogens is 1. The Kier molecular flexibility index (Phi) is 4.14. The van der Waals surface area contributed by atoms with Crippen LogP contribution in [0.2, 0.25) is 5.15 Å². The van der Waals surface area contributed by atoms with Gasteiger partial charge in [-0.05, 0) is 25.0 Å². The predicted molar refractivity (Wildman–Crippen MR) is 86.9 cm³/mol. The van der Waals surface area contributed by atoms with Crippen LogP contribution < -0.4 is 0 Å². The molecule has 3 aliphatic rings. The first-order valence-electron chi connectivity index (χ1n) is 8.46. The summed E-state index contributed by atoms with van der Waals surface area (Å²) in [7, 11) is 0. The lowest BCUT2D eigenvalue weighted by Gasteiger charge is -2.43. The van der Waals surface area contributed by atoms with Crippen LogP contribution in [0.5, 0.6) is 0 Å². The van der Waals surface area contributed by atoms with E-state index in [9.17, 15) is 4.79 Å². The van der Waals surface area contributed by atoms with E-state index in [0.29, 0.717) is 37.8 Å². The molecule has 1 spiro atoms. The van der Waals surface area contributed by atoms with E-state index < -0.39 is 5.79 Å². The third-order valence-corrected chi connectivity index (χ3v) is 5.50. The zero-order valence-electron chi connectivity index (χ0n) is 13.6. The van der Waals surface area contributed by atoms with Crippen molar-refractivity contribution in [2.75, 3.05) is 19.8 Å². The van der Waals surface area contributed by atoms with Gasteiger partial charge in [0.25, 0.3) is 0 Å². The van der Waals surface area contributed by atoms with Gasteiger partial charge in [0, 0.05) is 37.0 Å². The largest absolute Gasteiger partial charge is 0.450 e. The van der Waals surface area contributed by atoms with Gasteiger partial charge in [0.2, 0.25) is 0 Å². The molecule has 2 bridgehead atoms. The van der Waals surface area contributed by atoms with Crippen LogP contribution in [0.4, 0.5) is 4.79 Å². The fourth-order valence-corrected chi connectivity index (χ4v) is 4.50. The summed E-state index contributed by atoms with van der Waals surface area (Å²) in [6.07, 6.45) is 3.78. The molecule has 130 valence electrons. The van der Waals surface area contributed by atoms with Crippen molar-refractivity contribution in [1.29, 1.82) is 0 Å². The van der Waals surface area contributed by atoms with Gasteiger partial charge in [0.15, 0.2) is 5.79 Å². The van der Waals surface area contributed by atoms with Crippen molar-refractivity contribution in [3.05, 3.63) is 29.0 Å². The normalized spacial score (nSPS) is 30.8. The summed E-state index contributed by atoms with van der Waals surface area (Å²) >= 11 is 5.91. The third-order valence-electron chi connectivity index (χ3n) is 5.28. The summed E-state index contributed by atoms with van der Waals surface area (Å²) in [4.78, 5) is 18.6. The summed E-state index contributed by atoms with van der Waals surface area (Å²) in [5.41, 5.74) is 1.09. The summed E-state index contributed by atoms with van der Waals surface area (Å²) in [5, 5.41) is 0.473. The van der Waals surface area contributed by atoms with Gasteiger partial charge in [-0.15, -0.1) is 0 Å². The quantitative estimate of drug-likeness (QED) is 0.766. The number of amides is 1. The van der Waals surface area contributed by atoms with Gasteiger partial charge < -0.3 is 19.1 Å². The standard InChI is InChI=1S/C17H21ClN2O4/c1-2-22-16(21)20-12-7-13(11-3-4-15(18)19-10-11)14(20)9-17(8-12)23-5-6-24-17/h3-4,10,12-14H,2,5-9H2,1H3/t12-,13-,14-/m0/s1. The number of rotatable bonds is 2. The Morgan fingerprint density at radius 1 is 1.42 bits per heavy atom. The fraction of sp³-hybridized carbons (Fsp3) is 0.647. The van der Waals surface area contributed by atoms with E-state index in [0.717, 1.165) is 12.0 Å². The minimum atomic E-state index is -0.549. The van der Waals surface area contributed by atoms with E-state index in [1.807, 2.05) is 17.9 Å². The molecule has 0 N–H and O–H groups in total. The summed E-state index contributed by atoms with van der Waals surface area (Å²) in [6, 6.07) is 3.84. The number of nitrogens with zero attached hydrogens (tertiary/aromatic N) is 2. The monoisotopic (exact) mass is 352 g/mol. The lowest BCUT2D eigenvalue weighted by molar-refractivity contribution is -0.196. The highest BCUT2D eigenvalue weighted by Gasteiger charge is 2.57. The maximum atomic E-state index is 12.5. The SMILES string of the molecule is CCOC(=O)N1[C@H]2C[C@@H](c3ccc(Cl)nc3)[C@@H]1CC1(C2)OCCO1. The van der Waals surface area contributed by atoms with Gasteiger partial charge in [0.1, 0.15) is 5.15 Å². The molecule has 0 saturated carbocycles. The molecule has 6 nitrogen and oxygen atoms in total. The Labute approximate surface area is 146 Å². The molecular weight excluding hydrogens is 332 g/mol. The van der Waals surface area contributed by atoms with E-state index in [4.69, 9.17) is 25.8 Å². The average molecular weight is 353 g/mol. The van der Waals surface area contributed by atoms with Crippen molar-refractivity contribution in [2.24, 2.45) is 0 Å². The van der Waals surface area contributed by atoms with Crippen LogP contribution in [0.25, 0.3) is 0 Å². The fourth-order valence-electron chi connectivity index (χ4n) is 4.39. The first kappa shape index (κ1) is 16.1. The van der Waals surface area contributed by atoms with Gasteiger partial charge in [-0.1, -0.05) is 17.7 Å². The van der Waals surface area contributed by atoms with Crippen molar-refractivity contribution in [3.8, 4) is 0 Å². The molecule has 3 atom stereocenters. The molecular formula is C17H21ClN2O4. The Bertz CT molecular complexity index is 618. The van der Waals surface area contributed by atoms with Gasteiger partial charge in [-0.25, -0.2) is 9.78 Å². The van der Waals surface area contributed by atoms with Gasteiger partial charge in [0.05, 0.1) is 19.8 Å². The van der Waals surface area contributed by atoms with Gasteiger partial charge in [-0.2, -0.15) is 0 Å². The predicted octanol–water partition coefficient (Wildman–Crippen LogP) is 2.95. The number of aromatic nitrogens is 1. The second-order valence-electron chi connectivity index (χ2n) is 6.60. The number of hydrogen-bond acceptors (Lipinski definition) is 5. The molecule has 1 aromatic rings. The highest BCUT2D eigenvalue weighted by atomic mass is 35.5. The van der Waals surface area contributed by atoms with Gasteiger partial charge >= 0.3 is 6.09 Å². The van der Waals surface area contributed by atoms with Crippen LogP contribution >= 0.6 is 11.6 Å². The average Bonchev–Trinajstić information content (AvgIpc) is 3.10. The number of hydrogen-bond donors (Lipinski definition) is 0. The molecule has 1 amide bonds. The van der Waals surface area contributed by atoms with Gasteiger partial charge in [-0.3, -0.25) is 0 Å². The van der Waals surface area contributed by atoms with Crippen molar-refractivity contribution >= 4 is 17.7 Å². The van der Waals surface area contributed by atoms with Crippen LogP contribution in [0, 0.1) is 0 Å². The third kappa shape index (κ3) is 2.66. The number of ether oxygens (including phenoxy) is 3. The highest BCUT2D eigenvalue weighted by molar-refractivity contribution is 6.29. The van der Waals surface area contributed by atoms with Crippen molar-refractivity contribution in [2.45, 2.75) is 50.0 Å². The summed E-state index contributed by atoms with van der Waals surface area (Å²) in [5.74, 6) is -0.358. The van der Waals surface area contributed by atoms with Crippen LogP contribution in [0.3, 0.4) is 0 Å². The van der Waals surface area contributed by atoms with E-state index in [2.05, 4.69) is 4.98 Å². The zero-order valence-corrected chi connectivity index (χ0v) is 14.4. The number of carbonyl (C=O) groups is 1. The molecule has 0 radical (unpaired) electrons. The molecule has 3 aliphatic heterocycles. The lowest BCUT2D eigenvalue weighted by Crippen LogP contribution is -2.54. The van der Waals surface area contributed by atoms with E-state index in [1.165, 1.54) is 0 Å². The van der Waals surface area contributed by atoms with Crippen molar-refractivity contribution in [1.82, 2.24) is 9.88 Å². The minimum absolute atomic E-state index is 0.0103. The summed E-state index contributed by atoms with van der Waals surface area (Å²) in [6.45, 7) is 3.44. The molecule has 3 saturated heterocycles. The Morgan fingerprint density at radius 3 is 2.88 bits per heavy atom. The van der Waals surface area contributed by atoms with Crippen molar-refractivity contribution in [3.63, 3.8) is 0 Å². The van der Waals surface area contributed by atoms with Crippen LogP contribution in [-0.4, -0.2) is 53.7 Å². The summed E-state index contributed by atoms with van der Waals surface area (Å²) < 4.78 is 17.1. The van der Waals surface area contributed by atoms with E-state index >= 15 is 0 Å². The van der Waals surface area contributed by atoms with E-state index in [1.54, 1.807) is 12.3 Å². The number of fused-ring (bicyclic) bond motifs is 2. The molecule has 0 aliphatic carbocycles. The van der Waals surface area contributed by atoms with Crippen molar-refractivity contribution < 1.29 is 19.0 Å². The smallest absolute Gasteiger partial charge is 0.410 e. The maximum absolute atomic E-state index is 12.5. The topological polar surface area (TPSA) is 60.9 Å². The Hall–Kier alpha value is -1.37. The first-order valence-corrected chi connectivity index (χ1v) is 8.84. The second kappa shape index (κ2) is 6.17. The Morgan fingerprint density at radius 2 is 2.21 bits per heavy atom. The van der Waals surface area contributed by atoms with Crippen LogP contribution in [0.1, 0.15) is 37.7 Å². The van der Waals surface area contributed by atoms with Crippen LogP contribution in [-0.2, 0) is 14.2 Å². The number of piperidine rings is 1.